The van der Waals surface area contributed by atoms with Gasteiger partial charge in [0, 0.05) is 0 Å². The largest absolute Gasteiger partial charge is 0.489 e. The van der Waals surface area contributed by atoms with Crippen LogP contribution in [0.25, 0.3) is 11.0 Å². The number of benzene rings is 1. The highest BCUT2D eigenvalue weighted by Crippen LogP contribution is 2.36. The molecule has 146 valence electrons. The minimum absolute atomic E-state index is 0.0741. The fourth-order valence-electron chi connectivity index (χ4n) is 2.62. The first-order valence-electron chi connectivity index (χ1n) is 9.42. The smallest absolute Gasteiger partial charge is 0.383 e. The summed E-state index contributed by atoms with van der Waals surface area (Å²) in [6.45, 7) is 5.11. The van der Waals surface area contributed by atoms with Gasteiger partial charge in [-0.05, 0) is 37.8 Å². The number of rotatable bonds is 11. The molecular weight excluding hydrogens is 344 g/mol. The highest BCUT2D eigenvalue weighted by molar-refractivity contribution is 5.89. The first kappa shape index (κ1) is 20.6. The molecule has 0 unspecified atom stereocenters. The zero-order chi connectivity index (χ0) is 19.5. The average molecular weight is 372 g/mol. The molecule has 0 saturated carbocycles. The van der Waals surface area contributed by atoms with Gasteiger partial charge in [-0.3, -0.25) is 0 Å². The van der Waals surface area contributed by atoms with Crippen LogP contribution in [-0.2, 0) is 0 Å². The summed E-state index contributed by atoms with van der Waals surface area (Å²) in [5.41, 5.74) is -0.201. The van der Waals surface area contributed by atoms with Gasteiger partial charge in [0.15, 0.2) is 17.1 Å². The predicted octanol–water partition coefficient (Wildman–Crippen LogP) is 5.27. The minimum atomic E-state index is -0.578. The van der Waals surface area contributed by atoms with Crippen molar-refractivity contribution in [3.63, 3.8) is 0 Å². The van der Waals surface area contributed by atoms with E-state index in [0.717, 1.165) is 25.7 Å². The molecule has 0 fully saturated rings. The Labute approximate surface area is 160 Å². The van der Waals surface area contributed by atoms with Crippen molar-refractivity contribution >= 4 is 11.0 Å². The monoisotopic (exact) mass is 372 g/mol. The van der Waals surface area contributed by atoms with Crippen molar-refractivity contribution in [3.8, 4) is 17.2 Å². The molecule has 0 aliphatic heterocycles. The van der Waals surface area contributed by atoms with Crippen LogP contribution in [0, 0.1) is 0 Å². The maximum Gasteiger partial charge on any atom is 0.383 e. The molecule has 0 amide bonds. The van der Waals surface area contributed by atoms with Crippen LogP contribution in [0.2, 0.25) is 0 Å². The Morgan fingerprint density at radius 3 is 2.22 bits per heavy atom. The van der Waals surface area contributed by atoms with Gasteiger partial charge in [-0.15, -0.1) is 0 Å². The normalized spacial score (nSPS) is 11.5. The van der Waals surface area contributed by atoms with Gasteiger partial charge in [-0.2, -0.15) is 0 Å². The Bertz CT molecular complexity index is 832. The molecule has 1 aromatic heterocycles. The topological polar surface area (TPSA) is 57.9 Å². The lowest BCUT2D eigenvalue weighted by Crippen LogP contribution is -2.09. The maximum absolute atomic E-state index is 12.3. The summed E-state index contributed by atoms with van der Waals surface area (Å²) in [4.78, 5) is 12.3. The lowest BCUT2D eigenvalue weighted by molar-refractivity contribution is 0.290. The maximum atomic E-state index is 12.3. The van der Waals surface area contributed by atoms with E-state index in [9.17, 15) is 4.79 Å². The molecule has 0 bridgehead atoms. The van der Waals surface area contributed by atoms with Crippen LogP contribution in [0.15, 0.2) is 51.7 Å². The van der Waals surface area contributed by atoms with E-state index in [-0.39, 0.29) is 5.75 Å². The lowest BCUT2D eigenvalue weighted by Gasteiger charge is -2.13. The lowest BCUT2D eigenvalue weighted by atomic mass is 10.2. The van der Waals surface area contributed by atoms with Crippen LogP contribution in [0.4, 0.5) is 0 Å². The van der Waals surface area contributed by atoms with Gasteiger partial charge in [0.25, 0.3) is 0 Å². The summed E-state index contributed by atoms with van der Waals surface area (Å²) in [5, 5.41) is 0.660. The molecule has 0 N–H and O–H groups in total. The third-order valence-corrected chi connectivity index (χ3v) is 3.89. The van der Waals surface area contributed by atoms with Crippen molar-refractivity contribution in [1.29, 1.82) is 0 Å². The van der Waals surface area contributed by atoms with E-state index in [4.69, 9.17) is 18.6 Å². The molecule has 5 nitrogen and oxygen atoms in total. The van der Waals surface area contributed by atoms with Crippen molar-refractivity contribution in [2.45, 2.75) is 39.5 Å². The van der Waals surface area contributed by atoms with Crippen molar-refractivity contribution in [3.05, 3.63) is 52.9 Å². The fourth-order valence-corrected chi connectivity index (χ4v) is 2.62. The van der Waals surface area contributed by atoms with E-state index < -0.39 is 5.63 Å². The molecular formula is C22H28O5. The zero-order valence-electron chi connectivity index (χ0n) is 16.3. The average Bonchev–Trinajstić information content (AvgIpc) is 2.67. The third-order valence-electron chi connectivity index (χ3n) is 3.89. The SMILES string of the molecule is CCC=CCCOc1c(OC)c(=O)oc2c(OCCC=CCC)cccc12. The summed E-state index contributed by atoms with van der Waals surface area (Å²) in [6.07, 6.45) is 11.8. The molecule has 1 aromatic carbocycles. The van der Waals surface area contributed by atoms with Crippen LogP contribution in [0.5, 0.6) is 17.2 Å². The first-order chi connectivity index (χ1) is 13.2. The molecule has 5 heteroatoms. The van der Waals surface area contributed by atoms with E-state index in [2.05, 4.69) is 38.2 Å². The van der Waals surface area contributed by atoms with E-state index in [1.807, 2.05) is 12.1 Å². The standard InChI is InChI=1S/C22H28O5/c1-4-6-8-10-15-25-18-14-12-13-17-19(18)27-22(23)21(24-3)20(17)26-16-11-9-7-5-2/h6-9,12-14H,4-5,10-11,15-16H2,1-3H3. The Morgan fingerprint density at radius 1 is 0.926 bits per heavy atom. The van der Waals surface area contributed by atoms with Crippen LogP contribution >= 0.6 is 0 Å². The van der Waals surface area contributed by atoms with Crippen molar-refractivity contribution in [2.24, 2.45) is 0 Å². The second kappa shape index (κ2) is 11.1. The number of hydrogen-bond donors (Lipinski definition) is 0. The summed E-state index contributed by atoms with van der Waals surface area (Å²) in [5.74, 6) is 0.989. The van der Waals surface area contributed by atoms with Gasteiger partial charge in [0.05, 0.1) is 25.7 Å². The second-order valence-electron chi connectivity index (χ2n) is 5.92. The fraction of sp³-hybridized carbons (Fsp3) is 0.409. The number of allylic oxidation sites excluding steroid dienone is 2. The molecule has 0 atom stereocenters. The Hall–Kier alpha value is -2.69. The first-order valence-corrected chi connectivity index (χ1v) is 9.42. The van der Waals surface area contributed by atoms with Gasteiger partial charge in [0.2, 0.25) is 5.75 Å². The molecule has 0 spiro atoms. The Morgan fingerprint density at radius 2 is 1.59 bits per heavy atom. The second-order valence-corrected chi connectivity index (χ2v) is 5.92. The van der Waals surface area contributed by atoms with Gasteiger partial charge < -0.3 is 18.6 Å². The third kappa shape index (κ3) is 5.64. The summed E-state index contributed by atoms with van der Waals surface area (Å²) < 4.78 is 22.4. The molecule has 0 saturated heterocycles. The van der Waals surface area contributed by atoms with Crippen LogP contribution < -0.4 is 19.8 Å². The number of fused-ring (bicyclic) bond motifs is 1. The Balaban J connectivity index is 2.30. The van der Waals surface area contributed by atoms with Gasteiger partial charge in [-0.1, -0.05) is 44.2 Å². The highest BCUT2D eigenvalue weighted by atomic mass is 16.5. The van der Waals surface area contributed by atoms with E-state index in [1.165, 1.54) is 7.11 Å². The van der Waals surface area contributed by atoms with E-state index >= 15 is 0 Å². The summed E-state index contributed by atoms with van der Waals surface area (Å²) in [7, 11) is 1.43. The molecule has 0 aliphatic carbocycles. The molecule has 2 aromatic rings. The summed E-state index contributed by atoms with van der Waals surface area (Å²) >= 11 is 0. The number of methoxy groups -OCH3 is 1. The van der Waals surface area contributed by atoms with Crippen molar-refractivity contribution < 1.29 is 18.6 Å². The van der Waals surface area contributed by atoms with Crippen molar-refractivity contribution in [2.75, 3.05) is 20.3 Å². The number of ether oxygens (including phenoxy) is 3. The van der Waals surface area contributed by atoms with Crippen molar-refractivity contribution in [1.82, 2.24) is 0 Å². The quantitative estimate of drug-likeness (QED) is 0.305. The minimum Gasteiger partial charge on any atom is -0.489 e. The molecule has 2 rings (SSSR count). The van der Waals surface area contributed by atoms with Crippen LogP contribution in [-0.4, -0.2) is 20.3 Å². The van der Waals surface area contributed by atoms with E-state index in [0.29, 0.717) is 35.7 Å². The number of hydrogen-bond acceptors (Lipinski definition) is 5. The summed E-state index contributed by atoms with van der Waals surface area (Å²) in [6, 6.07) is 5.47. The van der Waals surface area contributed by atoms with Crippen LogP contribution in [0.1, 0.15) is 39.5 Å². The predicted molar refractivity (Wildman–Crippen MR) is 108 cm³/mol. The van der Waals surface area contributed by atoms with Gasteiger partial charge in [-0.25, -0.2) is 4.79 Å². The zero-order valence-corrected chi connectivity index (χ0v) is 16.3. The molecule has 0 radical (unpaired) electrons. The van der Waals surface area contributed by atoms with E-state index in [1.54, 1.807) is 6.07 Å². The molecule has 0 aliphatic rings. The number of para-hydroxylation sites is 1. The molecule has 27 heavy (non-hydrogen) atoms. The highest BCUT2D eigenvalue weighted by Gasteiger charge is 2.19. The van der Waals surface area contributed by atoms with Crippen LogP contribution in [0.3, 0.4) is 0 Å². The Kier molecular flexibility index (Phi) is 8.49. The van der Waals surface area contributed by atoms with Gasteiger partial charge >= 0.3 is 5.63 Å². The van der Waals surface area contributed by atoms with Gasteiger partial charge in [0.1, 0.15) is 0 Å². The molecule has 1 heterocycles.